The molecule has 0 bridgehead atoms. The van der Waals surface area contributed by atoms with Gasteiger partial charge in [-0.15, -0.1) is 10.2 Å². The van der Waals surface area contributed by atoms with E-state index in [4.69, 9.17) is 15.2 Å². The summed E-state index contributed by atoms with van der Waals surface area (Å²) in [7, 11) is 3.22. The maximum Gasteiger partial charge on any atom is 0.210 e. The van der Waals surface area contributed by atoms with Crippen LogP contribution in [0.1, 0.15) is 5.01 Å². The van der Waals surface area contributed by atoms with E-state index in [-0.39, 0.29) is 0 Å². The molecule has 3 N–H and O–H groups in total. The fourth-order valence-corrected chi connectivity index (χ4v) is 2.04. The zero-order valence-electron chi connectivity index (χ0n) is 10.1. The summed E-state index contributed by atoms with van der Waals surface area (Å²) >= 11 is 1.41. The number of benzene rings is 1. The van der Waals surface area contributed by atoms with Gasteiger partial charge in [-0.3, -0.25) is 0 Å². The highest BCUT2D eigenvalue weighted by Crippen LogP contribution is 2.32. The number of nitrogens with two attached hydrogens (primary N) is 1. The van der Waals surface area contributed by atoms with Crippen molar-refractivity contribution in [1.82, 2.24) is 10.2 Å². The van der Waals surface area contributed by atoms with Crippen LogP contribution in [0, 0.1) is 0 Å². The van der Waals surface area contributed by atoms with Gasteiger partial charge in [-0.1, -0.05) is 11.3 Å². The Morgan fingerprint density at radius 1 is 1.28 bits per heavy atom. The van der Waals surface area contributed by atoms with Crippen molar-refractivity contribution in [2.75, 3.05) is 19.5 Å². The molecule has 18 heavy (non-hydrogen) atoms. The molecule has 0 saturated heterocycles. The predicted molar refractivity (Wildman–Crippen MR) is 70.6 cm³/mol. The van der Waals surface area contributed by atoms with Crippen LogP contribution >= 0.6 is 11.3 Å². The molecule has 0 unspecified atom stereocenters. The number of nitrogens with zero attached hydrogens (tertiary/aromatic N) is 2. The minimum absolute atomic E-state index is 0.384. The Balaban J connectivity index is 2.25. The third-order valence-electron chi connectivity index (χ3n) is 2.29. The highest BCUT2D eigenvalue weighted by molar-refractivity contribution is 7.15. The van der Waals surface area contributed by atoms with Gasteiger partial charge < -0.3 is 20.5 Å². The molecule has 7 heteroatoms. The molecule has 1 aromatic heterocycles. The van der Waals surface area contributed by atoms with Crippen LogP contribution in [0.25, 0.3) is 0 Å². The molecule has 0 spiro atoms. The van der Waals surface area contributed by atoms with Gasteiger partial charge in [0.25, 0.3) is 0 Å². The number of ether oxygens (including phenoxy) is 2. The standard InChI is InChI=1S/C11H14N4O2S/c1-16-7-3-4-9(17-2)8(5-7)13-11-15-14-10(6-12)18-11/h3-5H,6,12H2,1-2H3,(H,13,15). The van der Waals surface area contributed by atoms with E-state index in [0.717, 1.165) is 16.4 Å². The molecule has 1 aromatic carbocycles. The van der Waals surface area contributed by atoms with E-state index in [1.165, 1.54) is 11.3 Å². The van der Waals surface area contributed by atoms with Gasteiger partial charge in [0.15, 0.2) is 0 Å². The quantitative estimate of drug-likeness (QED) is 0.858. The normalized spacial score (nSPS) is 10.2. The average molecular weight is 266 g/mol. The molecular formula is C11H14N4O2S. The molecule has 0 radical (unpaired) electrons. The van der Waals surface area contributed by atoms with Crippen LogP contribution in [0.5, 0.6) is 11.5 Å². The second-order valence-corrected chi connectivity index (χ2v) is 4.46. The van der Waals surface area contributed by atoms with E-state index in [1.54, 1.807) is 14.2 Å². The van der Waals surface area contributed by atoms with Crippen LogP contribution < -0.4 is 20.5 Å². The van der Waals surface area contributed by atoms with Crippen LogP contribution in [-0.4, -0.2) is 24.4 Å². The first-order valence-corrected chi connectivity index (χ1v) is 6.10. The molecule has 0 aliphatic heterocycles. The summed E-state index contributed by atoms with van der Waals surface area (Å²) in [4.78, 5) is 0. The Bertz CT molecular complexity index is 530. The molecule has 0 saturated carbocycles. The minimum atomic E-state index is 0.384. The highest BCUT2D eigenvalue weighted by atomic mass is 32.1. The van der Waals surface area contributed by atoms with Crippen molar-refractivity contribution in [2.45, 2.75) is 6.54 Å². The fraction of sp³-hybridized carbons (Fsp3) is 0.273. The van der Waals surface area contributed by atoms with Gasteiger partial charge in [0.2, 0.25) is 5.13 Å². The van der Waals surface area contributed by atoms with E-state index in [1.807, 2.05) is 18.2 Å². The molecule has 1 heterocycles. The van der Waals surface area contributed by atoms with Crippen molar-refractivity contribution >= 4 is 22.2 Å². The lowest BCUT2D eigenvalue weighted by molar-refractivity contribution is 0.405. The Morgan fingerprint density at radius 3 is 2.72 bits per heavy atom. The zero-order valence-corrected chi connectivity index (χ0v) is 11.0. The average Bonchev–Trinajstić information content (AvgIpc) is 2.86. The van der Waals surface area contributed by atoms with Gasteiger partial charge in [-0.2, -0.15) is 0 Å². The Labute approximate surface area is 109 Å². The SMILES string of the molecule is COc1ccc(OC)c(Nc2nnc(CN)s2)c1. The smallest absolute Gasteiger partial charge is 0.210 e. The van der Waals surface area contributed by atoms with Crippen LogP contribution in [0.15, 0.2) is 18.2 Å². The summed E-state index contributed by atoms with van der Waals surface area (Å²) in [6.07, 6.45) is 0. The predicted octanol–water partition coefficient (Wildman–Crippen LogP) is 1.76. The second kappa shape index (κ2) is 5.65. The van der Waals surface area contributed by atoms with Crippen molar-refractivity contribution in [2.24, 2.45) is 5.73 Å². The molecule has 6 nitrogen and oxygen atoms in total. The number of methoxy groups -OCH3 is 2. The van der Waals surface area contributed by atoms with Crippen molar-refractivity contribution in [3.8, 4) is 11.5 Å². The third-order valence-corrected chi connectivity index (χ3v) is 3.15. The third kappa shape index (κ3) is 2.69. The summed E-state index contributed by atoms with van der Waals surface area (Å²) in [5, 5.41) is 12.5. The molecule has 0 amide bonds. The molecule has 0 fully saturated rings. The summed E-state index contributed by atoms with van der Waals surface area (Å²) in [6, 6.07) is 5.49. The van der Waals surface area contributed by atoms with Crippen LogP contribution in [0.4, 0.5) is 10.8 Å². The molecule has 0 aliphatic rings. The largest absolute Gasteiger partial charge is 0.497 e. The molecule has 0 atom stereocenters. The lowest BCUT2D eigenvalue weighted by Gasteiger charge is -2.10. The van der Waals surface area contributed by atoms with E-state index in [0.29, 0.717) is 17.4 Å². The summed E-state index contributed by atoms with van der Waals surface area (Å²) in [6.45, 7) is 0.384. The van der Waals surface area contributed by atoms with Crippen LogP contribution in [0.3, 0.4) is 0 Å². The topological polar surface area (TPSA) is 82.3 Å². The van der Waals surface area contributed by atoms with E-state index < -0.39 is 0 Å². The summed E-state index contributed by atoms with van der Waals surface area (Å²) < 4.78 is 10.4. The first kappa shape index (κ1) is 12.6. The highest BCUT2D eigenvalue weighted by Gasteiger charge is 2.08. The van der Waals surface area contributed by atoms with Crippen LogP contribution in [0.2, 0.25) is 0 Å². The van der Waals surface area contributed by atoms with Gasteiger partial charge >= 0.3 is 0 Å². The van der Waals surface area contributed by atoms with Crippen molar-refractivity contribution in [3.63, 3.8) is 0 Å². The molecule has 2 rings (SSSR count). The van der Waals surface area contributed by atoms with Gasteiger partial charge in [0.1, 0.15) is 16.5 Å². The number of anilines is 2. The lowest BCUT2D eigenvalue weighted by Crippen LogP contribution is -1.95. The number of hydrogen-bond acceptors (Lipinski definition) is 7. The van der Waals surface area contributed by atoms with Gasteiger partial charge in [0, 0.05) is 12.6 Å². The van der Waals surface area contributed by atoms with Crippen molar-refractivity contribution in [3.05, 3.63) is 23.2 Å². The number of hydrogen-bond donors (Lipinski definition) is 2. The Hall–Kier alpha value is -1.86. The van der Waals surface area contributed by atoms with Crippen LogP contribution in [-0.2, 0) is 6.54 Å². The summed E-state index contributed by atoms with van der Waals surface area (Å²) in [5.74, 6) is 1.45. The first-order valence-electron chi connectivity index (χ1n) is 5.28. The Kier molecular flexibility index (Phi) is 3.96. The molecular weight excluding hydrogens is 252 g/mol. The maximum atomic E-state index is 5.49. The lowest BCUT2D eigenvalue weighted by atomic mass is 10.3. The van der Waals surface area contributed by atoms with Gasteiger partial charge in [0.05, 0.1) is 19.9 Å². The second-order valence-electron chi connectivity index (χ2n) is 3.40. The number of rotatable bonds is 5. The molecule has 96 valence electrons. The molecule has 0 aliphatic carbocycles. The zero-order chi connectivity index (χ0) is 13.0. The monoisotopic (exact) mass is 266 g/mol. The summed E-state index contributed by atoms with van der Waals surface area (Å²) in [5.41, 5.74) is 6.27. The van der Waals surface area contributed by atoms with Crippen molar-refractivity contribution in [1.29, 1.82) is 0 Å². The van der Waals surface area contributed by atoms with Gasteiger partial charge in [-0.25, -0.2) is 0 Å². The Morgan fingerprint density at radius 2 is 2.11 bits per heavy atom. The fourth-order valence-electron chi connectivity index (χ4n) is 1.41. The number of nitrogens with one attached hydrogen (secondary N) is 1. The van der Waals surface area contributed by atoms with Crippen molar-refractivity contribution < 1.29 is 9.47 Å². The van der Waals surface area contributed by atoms with E-state index in [9.17, 15) is 0 Å². The van der Waals surface area contributed by atoms with E-state index in [2.05, 4.69) is 15.5 Å². The maximum absolute atomic E-state index is 5.49. The van der Waals surface area contributed by atoms with E-state index >= 15 is 0 Å². The molecule has 2 aromatic rings. The van der Waals surface area contributed by atoms with Gasteiger partial charge in [-0.05, 0) is 12.1 Å². The number of aromatic nitrogens is 2. The minimum Gasteiger partial charge on any atom is -0.497 e. The first-order chi connectivity index (χ1) is 8.76.